The molecule has 4 heterocycles. The van der Waals surface area contributed by atoms with E-state index in [1.807, 2.05) is 12.1 Å². The van der Waals surface area contributed by atoms with Crippen molar-refractivity contribution in [1.82, 2.24) is 34.9 Å². The van der Waals surface area contributed by atoms with Crippen LogP contribution in [0.4, 0.5) is 23.5 Å². The molecule has 0 atom stereocenters. The molecule has 0 radical (unpaired) electrons. The van der Waals surface area contributed by atoms with Crippen molar-refractivity contribution >= 4 is 23.5 Å². The average molecular weight is 392 g/mol. The maximum absolute atomic E-state index is 6.24. The second-order valence-electron chi connectivity index (χ2n) is 8.24. The van der Waals surface area contributed by atoms with Gasteiger partial charge in [0, 0.05) is 42.8 Å². The van der Waals surface area contributed by atoms with E-state index in [4.69, 9.17) is 5.73 Å². The predicted octanol–water partition coefficient (Wildman–Crippen LogP) is 2.46. The van der Waals surface area contributed by atoms with Crippen LogP contribution in [0.2, 0.25) is 0 Å². The lowest BCUT2D eigenvalue weighted by Gasteiger charge is -2.16. The molecule has 3 aliphatic rings. The number of aromatic amines is 1. The van der Waals surface area contributed by atoms with E-state index in [2.05, 4.69) is 40.5 Å². The van der Waals surface area contributed by atoms with Crippen LogP contribution in [0.1, 0.15) is 61.7 Å². The van der Waals surface area contributed by atoms with Crippen molar-refractivity contribution in [1.29, 1.82) is 0 Å². The highest BCUT2D eigenvalue weighted by Crippen LogP contribution is 2.40. The standard InChI is InChI=1S/C19H24N10/c20-15-9-14(12-5-6-12)27-29(15)19-23-17(22-18(24-19)28-7-1-2-8-28)21-16-10-13(25-26-16)11-3-4-11/h9-12H,1-8,20H2,(H2,21,22,23,24,25,26). The minimum Gasteiger partial charge on any atom is -0.383 e. The molecule has 6 rings (SSSR count). The van der Waals surface area contributed by atoms with E-state index < -0.39 is 0 Å². The molecule has 2 saturated carbocycles. The van der Waals surface area contributed by atoms with Crippen LogP contribution in [0, 0.1) is 0 Å². The predicted molar refractivity (Wildman–Crippen MR) is 109 cm³/mol. The molecule has 3 aromatic heterocycles. The molecule has 3 fully saturated rings. The van der Waals surface area contributed by atoms with Gasteiger partial charge >= 0.3 is 0 Å². The number of nitrogens with zero attached hydrogens (tertiary/aromatic N) is 7. The monoisotopic (exact) mass is 392 g/mol. The van der Waals surface area contributed by atoms with E-state index in [0.717, 1.165) is 37.3 Å². The number of anilines is 4. The summed E-state index contributed by atoms with van der Waals surface area (Å²) in [5, 5.41) is 15.4. The molecule has 4 N–H and O–H groups in total. The lowest BCUT2D eigenvalue weighted by molar-refractivity contribution is 0.770. The van der Waals surface area contributed by atoms with Gasteiger partial charge in [0.1, 0.15) is 5.82 Å². The van der Waals surface area contributed by atoms with Crippen molar-refractivity contribution in [3.63, 3.8) is 0 Å². The van der Waals surface area contributed by atoms with E-state index in [-0.39, 0.29) is 0 Å². The van der Waals surface area contributed by atoms with Crippen LogP contribution in [0.25, 0.3) is 5.95 Å². The van der Waals surface area contributed by atoms with Crippen LogP contribution >= 0.6 is 0 Å². The number of rotatable bonds is 6. The highest BCUT2D eigenvalue weighted by Gasteiger charge is 2.28. The number of hydrogen-bond acceptors (Lipinski definition) is 8. The highest BCUT2D eigenvalue weighted by molar-refractivity contribution is 5.52. The summed E-state index contributed by atoms with van der Waals surface area (Å²) in [6.45, 7) is 1.89. The third-order valence-corrected chi connectivity index (χ3v) is 5.80. The zero-order valence-corrected chi connectivity index (χ0v) is 16.2. The van der Waals surface area contributed by atoms with Crippen molar-refractivity contribution < 1.29 is 0 Å². The zero-order valence-electron chi connectivity index (χ0n) is 16.2. The van der Waals surface area contributed by atoms with Crippen LogP contribution in [-0.4, -0.2) is 48.0 Å². The highest BCUT2D eigenvalue weighted by atomic mass is 15.4. The molecule has 150 valence electrons. The normalized spacial score (nSPS) is 19.1. The summed E-state index contributed by atoms with van der Waals surface area (Å²) >= 11 is 0. The van der Waals surface area contributed by atoms with Gasteiger partial charge in [-0.2, -0.15) is 29.8 Å². The van der Waals surface area contributed by atoms with Gasteiger partial charge in [0.2, 0.25) is 11.9 Å². The van der Waals surface area contributed by atoms with Crippen LogP contribution in [0.5, 0.6) is 0 Å². The molecule has 1 saturated heterocycles. The van der Waals surface area contributed by atoms with Crippen LogP contribution in [0.3, 0.4) is 0 Å². The van der Waals surface area contributed by atoms with Crippen LogP contribution in [-0.2, 0) is 0 Å². The van der Waals surface area contributed by atoms with E-state index in [0.29, 0.717) is 41.3 Å². The van der Waals surface area contributed by atoms with Crippen molar-refractivity contribution in [2.24, 2.45) is 0 Å². The second-order valence-corrected chi connectivity index (χ2v) is 8.24. The number of hydrogen-bond donors (Lipinski definition) is 3. The van der Waals surface area contributed by atoms with Crippen molar-refractivity contribution in [2.75, 3.05) is 29.0 Å². The maximum atomic E-state index is 6.24. The molecule has 3 aromatic rings. The minimum absolute atomic E-state index is 0.437. The molecular weight excluding hydrogens is 368 g/mol. The minimum atomic E-state index is 0.437. The fraction of sp³-hybridized carbons (Fsp3) is 0.526. The number of aromatic nitrogens is 7. The SMILES string of the molecule is Nc1cc(C2CC2)nn1-c1nc(Nc2cc(C3CC3)[nH]n2)nc(N2CCCC2)n1. The number of nitrogens with one attached hydrogen (secondary N) is 2. The second kappa shape index (κ2) is 6.43. The Hall–Kier alpha value is -3.17. The fourth-order valence-electron chi connectivity index (χ4n) is 3.84. The summed E-state index contributed by atoms with van der Waals surface area (Å²) in [6.07, 6.45) is 7.06. The first-order valence-electron chi connectivity index (χ1n) is 10.4. The van der Waals surface area contributed by atoms with Gasteiger partial charge in [0.15, 0.2) is 5.82 Å². The zero-order chi connectivity index (χ0) is 19.4. The molecule has 0 aromatic carbocycles. The maximum Gasteiger partial charge on any atom is 0.259 e. The van der Waals surface area contributed by atoms with E-state index in [1.54, 1.807) is 4.68 Å². The summed E-state index contributed by atoms with van der Waals surface area (Å²) in [4.78, 5) is 16.1. The third kappa shape index (κ3) is 3.28. The van der Waals surface area contributed by atoms with Gasteiger partial charge in [-0.25, -0.2) is 0 Å². The quantitative estimate of drug-likeness (QED) is 0.584. The Balaban J connectivity index is 1.36. The number of H-pyrrole nitrogens is 1. The van der Waals surface area contributed by atoms with Gasteiger partial charge in [-0.15, -0.1) is 0 Å². The van der Waals surface area contributed by atoms with Gasteiger partial charge in [0.05, 0.1) is 5.69 Å². The van der Waals surface area contributed by atoms with Gasteiger partial charge < -0.3 is 16.0 Å². The van der Waals surface area contributed by atoms with E-state index >= 15 is 0 Å². The van der Waals surface area contributed by atoms with Crippen LogP contribution in [0.15, 0.2) is 12.1 Å². The van der Waals surface area contributed by atoms with Gasteiger partial charge in [0.25, 0.3) is 5.95 Å². The Morgan fingerprint density at radius 3 is 2.48 bits per heavy atom. The fourth-order valence-corrected chi connectivity index (χ4v) is 3.84. The molecule has 0 amide bonds. The molecule has 0 bridgehead atoms. The summed E-state index contributed by atoms with van der Waals surface area (Å²) in [5.74, 6) is 3.92. The lowest BCUT2D eigenvalue weighted by Crippen LogP contribution is -2.22. The van der Waals surface area contributed by atoms with Crippen molar-refractivity contribution in [3.05, 3.63) is 23.5 Å². The molecule has 1 aliphatic heterocycles. The van der Waals surface area contributed by atoms with E-state index in [1.165, 1.54) is 25.7 Å². The van der Waals surface area contributed by atoms with Gasteiger partial charge in [-0.05, 0) is 38.5 Å². The number of nitrogen functional groups attached to an aromatic ring is 1. The van der Waals surface area contributed by atoms with E-state index in [9.17, 15) is 0 Å². The Labute approximate surface area is 167 Å². The Morgan fingerprint density at radius 1 is 0.966 bits per heavy atom. The molecule has 10 heteroatoms. The first-order chi connectivity index (χ1) is 14.2. The molecule has 29 heavy (non-hydrogen) atoms. The third-order valence-electron chi connectivity index (χ3n) is 5.80. The van der Waals surface area contributed by atoms with Crippen molar-refractivity contribution in [3.8, 4) is 5.95 Å². The van der Waals surface area contributed by atoms with Gasteiger partial charge in [-0.1, -0.05) is 0 Å². The summed E-state index contributed by atoms with van der Waals surface area (Å²) in [5.41, 5.74) is 8.41. The first-order valence-corrected chi connectivity index (χ1v) is 10.4. The summed E-state index contributed by atoms with van der Waals surface area (Å²) in [7, 11) is 0. The smallest absolute Gasteiger partial charge is 0.259 e. The first kappa shape index (κ1) is 16.8. The Kier molecular flexibility index (Phi) is 3.71. The van der Waals surface area contributed by atoms with Crippen molar-refractivity contribution in [2.45, 2.75) is 50.4 Å². The van der Waals surface area contributed by atoms with Crippen LogP contribution < -0.4 is 16.0 Å². The Bertz CT molecular complexity index is 1040. The van der Waals surface area contributed by atoms with Gasteiger partial charge in [-0.3, -0.25) is 5.10 Å². The topological polar surface area (TPSA) is 126 Å². The Morgan fingerprint density at radius 2 is 1.72 bits per heavy atom. The largest absolute Gasteiger partial charge is 0.383 e. The molecule has 10 nitrogen and oxygen atoms in total. The summed E-state index contributed by atoms with van der Waals surface area (Å²) in [6, 6.07) is 3.96. The molecule has 0 spiro atoms. The molecular formula is C19H24N10. The number of nitrogens with two attached hydrogens (primary N) is 1. The average Bonchev–Trinajstić information content (AvgIpc) is 3.61. The summed E-state index contributed by atoms with van der Waals surface area (Å²) < 4.78 is 1.63. The molecule has 2 aliphatic carbocycles. The lowest BCUT2D eigenvalue weighted by atomic mass is 10.3. The molecule has 0 unspecified atom stereocenters.